The average molecular weight is 275 g/mol. The van der Waals surface area contributed by atoms with Crippen LogP contribution in [0.15, 0.2) is 30.3 Å². The topological polar surface area (TPSA) is 57.6 Å². The smallest absolute Gasteiger partial charge is 0.307 e. The Bertz CT molecular complexity index is 486. The van der Waals surface area contributed by atoms with Crippen LogP contribution in [0.1, 0.15) is 25.3 Å². The van der Waals surface area contributed by atoms with Gasteiger partial charge in [-0.15, -0.1) is 0 Å². The van der Waals surface area contributed by atoms with Gasteiger partial charge in [-0.05, 0) is 24.3 Å². The first kappa shape index (κ1) is 14.6. The first-order chi connectivity index (χ1) is 9.49. The number of carbonyl (C=O) groups is 2. The first-order valence-corrected chi connectivity index (χ1v) is 7.00. The normalized spacial score (nSPS) is 25.4. The molecule has 20 heavy (non-hydrogen) atoms. The zero-order valence-electron chi connectivity index (χ0n) is 12.0. The number of nitrogens with zero attached hydrogens (tertiary/aromatic N) is 1. The molecule has 1 fully saturated rings. The summed E-state index contributed by atoms with van der Waals surface area (Å²) in [5, 5.41) is 9.25. The van der Waals surface area contributed by atoms with Gasteiger partial charge >= 0.3 is 5.97 Å². The van der Waals surface area contributed by atoms with Crippen molar-refractivity contribution in [2.75, 3.05) is 7.05 Å². The molecule has 1 aliphatic carbocycles. The Balaban J connectivity index is 2.04. The molecule has 1 aromatic rings. The highest BCUT2D eigenvalue weighted by atomic mass is 16.4. The van der Waals surface area contributed by atoms with Gasteiger partial charge in [0.1, 0.15) is 0 Å². The molecule has 1 N–H and O–H groups in total. The number of hydrogen-bond donors (Lipinski definition) is 1. The summed E-state index contributed by atoms with van der Waals surface area (Å²) in [5.74, 6) is -1.51. The van der Waals surface area contributed by atoms with Crippen molar-refractivity contribution in [3.05, 3.63) is 35.9 Å². The Morgan fingerprint density at radius 2 is 1.80 bits per heavy atom. The van der Waals surface area contributed by atoms with Crippen LogP contribution in [0.5, 0.6) is 0 Å². The van der Waals surface area contributed by atoms with E-state index in [1.807, 2.05) is 37.3 Å². The van der Waals surface area contributed by atoms with Gasteiger partial charge in [-0.3, -0.25) is 9.59 Å². The lowest BCUT2D eigenvalue weighted by atomic mass is 9.95. The summed E-state index contributed by atoms with van der Waals surface area (Å²) in [7, 11) is 1.75. The van der Waals surface area contributed by atoms with E-state index in [-0.39, 0.29) is 11.8 Å². The maximum Gasteiger partial charge on any atom is 0.307 e. The Kier molecular flexibility index (Phi) is 4.42. The molecule has 0 spiro atoms. The van der Waals surface area contributed by atoms with Crippen LogP contribution in [0.25, 0.3) is 0 Å². The van der Waals surface area contributed by atoms with Gasteiger partial charge in [-0.25, -0.2) is 0 Å². The molecule has 4 heteroatoms. The zero-order valence-corrected chi connectivity index (χ0v) is 12.0. The predicted molar refractivity (Wildman–Crippen MR) is 75.9 cm³/mol. The third kappa shape index (κ3) is 3.18. The fourth-order valence-corrected chi connectivity index (χ4v) is 3.06. The molecule has 0 aliphatic heterocycles. The second kappa shape index (κ2) is 6.07. The van der Waals surface area contributed by atoms with Gasteiger partial charge in [0.15, 0.2) is 0 Å². The van der Waals surface area contributed by atoms with Crippen molar-refractivity contribution in [3.8, 4) is 0 Å². The van der Waals surface area contributed by atoms with Crippen LogP contribution in [0.2, 0.25) is 0 Å². The van der Waals surface area contributed by atoms with Crippen molar-refractivity contribution in [1.29, 1.82) is 0 Å². The van der Waals surface area contributed by atoms with Gasteiger partial charge in [-0.2, -0.15) is 0 Å². The molecule has 0 bridgehead atoms. The highest BCUT2D eigenvalue weighted by Gasteiger charge is 2.42. The largest absolute Gasteiger partial charge is 0.481 e. The number of amides is 1. The fraction of sp³-hybridized carbons (Fsp3) is 0.500. The van der Waals surface area contributed by atoms with Crippen molar-refractivity contribution < 1.29 is 14.7 Å². The SMILES string of the molecule is CC1CC(C(=O)O)C(C(=O)N(C)Cc2ccccc2)C1. The van der Waals surface area contributed by atoms with Crippen LogP contribution in [0, 0.1) is 17.8 Å². The lowest BCUT2D eigenvalue weighted by Gasteiger charge is -2.23. The number of carboxylic acids is 1. The molecular formula is C16H21NO3. The number of carboxylic acid groups (broad SMARTS) is 1. The van der Waals surface area contributed by atoms with Crippen molar-refractivity contribution in [2.24, 2.45) is 17.8 Å². The van der Waals surface area contributed by atoms with Gasteiger partial charge < -0.3 is 10.0 Å². The minimum atomic E-state index is -0.846. The second-order valence-corrected chi connectivity index (χ2v) is 5.81. The molecule has 4 nitrogen and oxygen atoms in total. The van der Waals surface area contributed by atoms with Crippen molar-refractivity contribution in [2.45, 2.75) is 26.3 Å². The van der Waals surface area contributed by atoms with E-state index in [1.165, 1.54) is 0 Å². The minimum Gasteiger partial charge on any atom is -0.481 e. The third-order valence-electron chi connectivity index (χ3n) is 4.07. The molecule has 1 aliphatic rings. The van der Waals surface area contributed by atoms with E-state index in [0.717, 1.165) is 5.56 Å². The van der Waals surface area contributed by atoms with Crippen LogP contribution < -0.4 is 0 Å². The quantitative estimate of drug-likeness (QED) is 0.918. The Morgan fingerprint density at radius 3 is 2.40 bits per heavy atom. The molecule has 2 rings (SSSR count). The minimum absolute atomic E-state index is 0.0504. The molecule has 0 heterocycles. The lowest BCUT2D eigenvalue weighted by Crippen LogP contribution is -2.36. The predicted octanol–water partition coefficient (Wildman–Crippen LogP) is 2.39. The Morgan fingerprint density at radius 1 is 1.20 bits per heavy atom. The Labute approximate surface area is 119 Å². The highest BCUT2D eigenvalue weighted by Crippen LogP contribution is 2.37. The summed E-state index contributed by atoms with van der Waals surface area (Å²) in [6.07, 6.45) is 1.28. The van der Waals surface area contributed by atoms with E-state index in [4.69, 9.17) is 0 Å². The number of aliphatic carboxylic acids is 1. The molecule has 3 unspecified atom stereocenters. The third-order valence-corrected chi connectivity index (χ3v) is 4.07. The van der Waals surface area contributed by atoms with Gasteiger partial charge in [0, 0.05) is 13.6 Å². The maximum absolute atomic E-state index is 12.5. The second-order valence-electron chi connectivity index (χ2n) is 5.81. The summed E-state index contributed by atoms with van der Waals surface area (Å²) >= 11 is 0. The molecule has 1 aromatic carbocycles. The molecule has 1 amide bonds. The summed E-state index contributed by atoms with van der Waals surface area (Å²) in [6.45, 7) is 2.54. The summed E-state index contributed by atoms with van der Waals surface area (Å²) in [5.41, 5.74) is 1.06. The lowest BCUT2D eigenvalue weighted by molar-refractivity contribution is -0.148. The number of benzene rings is 1. The van der Waals surface area contributed by atoms with Crippen molar-refractivity contribution >= 4 is 11.9 Å². The Hall–Kier alpha value is -1.84. The van der Waals surface area contributed by atoms with E-state index in [1.54, 1.807) is 11.9 Å². The maximum atomic E-state index is 12.5. The van der Waals surface area contributed by atoms with E-state index < -0.39 is 11.9 Å². The van der Waals surface area contributed by atoms with E-state index in [9.17, 15) is 14.7 Å². The van der Waals surface area contributed by atoms with Gasteiger partial charge in [0.2, 0.25) is 5.91 Å². The van der Waals surface area contributed by atoms with E-state index in [2.05, 4.69) is 0 Å². The van der Waals surface area contributed by atoms with E-state index in [0.29, 0.717) is 25.3 Å². The molecule has 0 saturated heterocycles. The fourth-order valence-electron chi connectivity index (χ4n) is 3.06. The summed E-state index contributed by atoms with van der Waals surface area (Å²) in [6, 6.07) is 9.74. The average Bonchev–Trinajstić information content (AvgIpc) is 2.81. The van der Waals surface area contributed by atoms with E-state index >= 15 is 0 Å². The zero-order chi connectivity index (χ0) is 14.7. The van der Waals surface area contributed by atoms with Crippen LogP contribution in [0.4, 0.5) is 0 Å². The summed E-state index contributed by atoms with van der Waals surface area (Å²) < 4.78 is 0. The molecule has 1 saturated carbocycles. The van der Waals surface area contributed by atoms with Crippen LogP contribution in [0.3, 0.4) is 0 Å². The van der Waals surface area contributed by atoms with Crippen LogP contribution >= 0.6 is 0 Å². The molecular weight excluding hydrogens is 254 g/mol. The highest BCUT2D eigenvalue weighted by molar-refractivity contribution is 5.85. The van der Waals surface area contributed by atoms with Gasteiger partial charge in [-0.1, -0.05) is 37.3 Å². The first-order valence-electron chi connectivity index (χ1n) is 7.00. The summed E-state index contributed by atoms with van der Waals surface area (Å²) in [4.78, 5) is 25.4. The van der Waals surface area contributed by atoms with Crippen molar-refractivity contribution in [3.63, 3.8) is 0 Å². The molecule has 0 aromatic heterocycles. The monoisotopic (exact) mass is 275 g/mol. The standard InChI is InChI=1S/C16H21NO3/c1-11-8-13(14(9-11)16(19)20)15(18)17(2)10-12-6-4-3-5-7-12/h3-7,11,13-14H,8-10H2,1-2H3,(H,19,20). The molecule has 3 atom stereocenters. The van der Waals surface area contributed by atoms with Crippen molar-refractivity contribution in [1.82, 2.24) is 4.90 Å². The van der Waals surface area contributed by atoms with Crippen LogP contribution in [-0.4, -0.2) is 28.9 Å². The van der Waals surface area contributed by atoms with Gasteiger partial charge in [0.25, 0.3) is 0 Å². The number of carbonyl (C=O) groups excluding carboxylic acids is 1. The van der Waals surface area contributed by atoms with Crippen LogP contribution in [-0.2, 0) is 16.1 Å². The molecule has 0 radical (unpaired) electrons. The number of rotatable bonds is 4. The number of hydrogen-bond acceptors (Lipinski definition) is 2. The van der Waals surface area contributed by atoms with Gasteiger partial charge in [0.05, 0.1) is 11.8 Å². The molecule has 108 valence electrons.